The Hall–Kier alpha value is -1.83. The van der Waals surface area contributed by atoms with Gasteiger partial charge in [0.2, 0.25) is 5.91 Å². The van der Waals surface area contributed by atoms with Gasteiger partial charge < -0.3 is 4.90 Å². The van der Waals surface area contributed by atoms with Gasteiger partial charge in [-0.15, -0.1) is 23.1 Å². The molecular weight excluding hydrogens is 318 g/mol. The first-order valence-corrected chi connectivity index (χ1v) is 8.54. The van der Waals surface area contributed by atoms with Gasteiger partial charge in [-0.05, 0) is 23.6 Å². The van der Waals surface area contributed by atoms with Crippen molar-refractivity contribution in [3.05, 3.63) is 46.7 Å². The van der Waals surface area contributed by atoms with Gasteiger partial charge >= 0.3 is 0 Å². The van der Waals surface area contributed by atoms with E-state index in [1.807, 2.05) is 41.8 Å². The van der Waals surface area contributed by atoms with E-state index >= 15 is 0 Å². The summed E-state index contributed by atoms with van der Waals surface area (Å²) in [5, 5.41) is 2.08. The number of benzene rings is 1. The zero-order valence-electron chi connectivity index (χ0n) is 11.7. The Morgan fingerprint density at radius 3 is 2.86 bits per heavy atom. The third-order valence-electron chi connectivity index (χ3n) is 3.41. The lowest BCUT2D eigenvalue weighted by molar-refractivity contribution is -0.123. The number of anilines is 1. The van der Waals surface area contributed by atoms with Crippen LogP contribution in [0, 0.1) is 0 Å². The number of nitrogens with one attached hydrogen (secondary N) is 1. The highest BCUT2D eigenvalue weighted by Gasteiger charge is 2.30. The minimum atomic E-state index is -0.386. The topological polar surface area (TPSA) is 75.4 Å². The Morgan fingerprint density at radius 2 is 2.14 bits per heavy atom. The zero-order valence-corrected chi connectivity index (χ0v) is 13.3. The molecule has 0 radical (unpaired) electrons. The van der Waals surface area contributed by atoms with E-state index in [1.165, 1.54) is 9.78 Å². The van der Waals surface area contributed by atoms with E-state index in [-0.39, 0.29) is 23.6 Å². The molecule has 0 saturated carbocycles. The predicted octanol–water partition coefficient (Wildman–Crippen LogP) is 2.31. The van der Waals surface area contributed by atoms with Crippen molar-refractivity contribution in [2.24, 2.45) is 5.84 Å². The number of thiophene rings is 1. The van der Waals surface area contributed by atoms with Gasteiger partial charge in [-0.25, -0.2) is 5.84 Å². The van der Waals surface area contributed by atoms with Gasteiger partial charge in [0.05, 0.1) is 10.9 Å². The normalized spacial score (nSPS) is 17.8. The van der Waals surface area contributed by atoms with Crippen LogP contribution < -0.4 is 16.2 Å². The molecule has 1 aromatic carbocycles. The quantitative estimate of drug-likeness (QED) is 0.513. The van der Waals surface area contributed by atoms with Gasteiger partial charge in [0.15, 0.2) is 0 Å². The molecule has 7 heteroatoms. The number of hydrazine groups is 1. The molecule has 1 aliphatic rings. The lowest BCUT2D eigenvalue weighted by Crippen LogP contribution is -2.43. The van der Waals surface area contributed by atoms with Crippen LogP contribution in [0.2, 0.25) is 0 Å². The molecule has 0 saturated heterocycles. The molecule has 1 unspecified atom stereocenters. The number of fused-ring (bicyclic) bond motifs is 1. The molecule has 0 fully saturated rings. The average Bonchev–Trinajstić information content (AvgIpc) is 3.02. The van der Waals surface area contributed by atoms with Crippen molar-refractivity contribution >= 4 is 40.6 Å². The van der Waals surface area contributed by atoms with Gasteiger partial charge in [0, 0.05) is 16.2 Å². The van der Waals surface area contributed by atoms with Gasteiger partial charge in [-0.3, -0.25) is 15.0 Å². The molecule has 2 amide bonds. The van der Waals surface area contributed by atoms with Crippen LogP contribution in [-0.2, 0) is 9.59 Å². The van der Waals surface area contributed by atoms with Crippen molar-refractivity contribution in [3.63, 3.8) is 0 Å². The maximum Gasteiger partial charge on any atom is 0.253 e. The standard InChI is InChI=1S/C15H15N3O2S2/c16-17-14(19)9-18-10-4-1-2-5-11(10)22-13(8-15(18)20)12-6-3-7-21-12/h1-7,13H,8-9,16H2,(H,17,19). The van der Waals surface area contributed by atoms with Crippen LogP contribution in [0.4, 0.5) is 5.69 Å². The number of carbonyl (C=O) groups is 2. The SMILES string of the molecule is NNC(=O)CN1C(=O)CC(c2cccs2)Sc2ccccc21. The van der Waals surface area contributed by atoms with E-state index in [0.717, 1.165) is 10.6 Å². The van der Waals surface area contributed by atoms with Crippen LogP contribution >= 0.6 is 23.1 Å². The zero-order chi connectivity index (χ0) is 15.5. The first-order chi connectivity index (χ1) is 10.7. The van der Waals surface area contributed by atoms with Crippen molar-refractivity contribution in [2.75, 3.05) is 11.4 Å². The molecule has 2 aromatic rings. The monoisotopic (exact) mass is 333 g/mol. The Bertz CT molecular complexity index is 688. The van der Waals surface area contributed by atoms with Crippen molar-refractivity contribution in [1.82, 2.24) is 5.43 Å². The number of rotatable bonds is 3. The van der Waals surface area contributed by atoms with Crippen LogP contribution in [0.3, 0.4) is 0 Å². The Balaban J connectivity index is 1.97. The molecule has 3 N–H and O–H groups in total. The molecule has 3 rings (SSSR count). The van der Waals surface area contributed by atoms with Crippen LogP contribution in [0.15, 0.2) is 46.7 Å². The molecule has 0 bridgehead atoms. The fourth-order valence-electron chi connectivity index (χ4n) is 2.37. The van der Waals surface area contributed by atoms with Crippen LogP contribution in [0.1, 0.15) is 16.5 Å². The smallest absolute Gasteiger partial charge is 0.253 e. The molecule has 0 spiro atoms. The third-order valence-corrected chi connectivity index (χ3v) is 5.85. The van der Waals surface area contributed by atoms with Crippen molar-refractivity contribution in [2.45, 2.75) is 16.6 Å². The molecule has 1 aromatic heterocycles. The summed E-state index contributed by atoms with van der Waals surface area (Å²) < 4.78 is 0. The maximum absolute atomic E-state index is 12.6. The lowest BCUT2D eigenvalue weighted by atomic mass is 10.2. The predicted molar refractivity (Wildman–Crippen MR) is 88.7 cm³/mol. The summed E-state index contributed by atoms with van der Waals surface area (Å²) in [6.07, 6.45) is 0.359. The van der Waals surface area contributed by atoms with Crippen molar-refractivity contribution in [3.8, 4) is 0 Å². The Kier molecular flexibility index (Phi) is 4.47. The van der Waals surface area contributed by atoms with E-state index < -0.39 is 0 Å². The molecule has 1 atom stereocenters. The fourth-order valence-corrected chi connectivity index (χ4v) is 4.57. The van der Waals surface area contributed by atoms with Gasteiger partial charge in [-0.2, -0.15) is 0 Å². The second kappa shape index (κ2) is 6.51. The first kappa shape index (κ1) is 15.1. The van der Waals surface area contributed by atoms with Crippen molar-refractivity contribution < 1.29 is 9.59 Å². The van der Waals surface area contributed by atoms with Gasteiger partial charge in [0.25, 0.3) is 5.91 Å². The molecule has 114 valence electrons. The Morgan fingerprint density at radius 1 is 1.32 bits per heavy atom. The van der Waals surface area contributed by atoms with E-state index in [1.54, 1.807) is 23.1 Å². The molecule has 1 aliphatic heterocycles. The molecule has 0 aliphatic carbocycles. The van der Waals surface area contributed by atoms with E-state index in [4.69, 9.17) is 5.84 Å². The fraction of sp³-hybridized carbons (Fsp3) is 0.200. The van der Waals surface area contributed by atoms with Crippen LogP contribution in [0.5, 0.6) is 0 Å². The van der Waals surface area contributed by atoms with Gasteiger partial charge in [0.1, 0.15) is 6.54 Å². The Labute approximate surface area is 136 Å². The summed E-state index contributed by atoms with van der Waals surface area (Å²) in [5.74, 6) is 4.70. The van der Waals surface area contributed by atoms with E-state index in [2.05, 4.69) is 5.43 Å². The lowest BCUT2D eigenvalue weighted by Gasteiger charge is -2.21. The highest BCUT2D eigenvalue weighted by atomic mass is 32.2. The number of para-hydroxylation sites is 1. The van der Waals surface area contributed by atoms with E-state index in [0.29, 0.717) is 6.42 Å². The molecule has 2 heterocycles. The molecular formula is C15H15N3O2S2. The maximum atomic E-state index is 12.6. The first-order valence-electron chi connectivity index (χ1n) is 6.78. The highest BCUT2D eigenvalue weighted by Crippen LogP contribution is 2.46. The summed E-state index contributed by atoms with van der Waals surface area (Å²) in [7, 11) is 0. The number of hydrogen-bond acceptors (Lipinski definition) is 5. The minimum Gasteiger partial charge on any atom is -0.302 e. The second-order valence-corrected chi connectivity index (χ2v) is 7.06. The average molecular weight is 333 g/mol. The number of amides is 2. The largest absolute Gasteiger partial charge is 0.302 e. The van der Waals surface area contributed by atoms with Crippen LogP contribution in [0.25, 0.3) is 0 Å². The molecule has 5 nitrogen and oxygen atoms in total. The number of nitrogens with two attached hydrogens (primary N) is 1. The van der Waals surface area contributed by atoms with Crippen molar-refractivity contribution in [1.29, 1.82) is 0 Å². The second-order valence-electron chi connectivity index (χ2n) is 4.84. The number of hydrogen-bond donors (Lipinski definition) is 2. The summed E-state index contributed by atoms with van der Waals surface area (Å²) >= 11 is 3.31. The third kappa shape index (κ3) is 3.01. The van der Waals surface area contributed by atoms with E-state index in [9.17, 15) is 9.59 Å². The summed E-state index contributed by atoms with van der Waals surface area (Å²) in [6.45, 7) is -0.0654. The number of thioether (sulfide) groups is 1. The number of nitrogens with zero attached hydrogens (tertiary/aromatic N) is 1. The summed E-state index contributed by atoms with van der Waals surface area (Å²) in [6, 6.07) is 11.7. The minimum absolute atomic E-state index is 0.0654. The summed E-state index contributed by atoms with van der Waals surface area (Å²) in [5.41, 5.74) is 2.85. The number of carbonyl (C=O) groups excluding carboxylic acids is 2. The van der Waals surface area contributed by atoms with Gasteiger partial charge in [-0.1, -0.05) is 18.2 Å². The van der Waals surface area contributed by atoms with Crippen LogP contribution in [-0.4, -0.2) is 18.4 Å². The highest BCUT2D eigenvalue weighted by molar-refractivity contribution is 7.99. The molecule has 22 heavy (non-hydrogen) atoms. The summed E-state index contributed by atoms with van der Waals surface area (Å²) in [4.78, 5) is 27.9.